The highest BCUT2D eigenvalue weighted by atomic mass is 19.4. The molecule has 0 spiro atoms. The minimum absolute atomic E-state index is 0.153. The van der Waals surface area contributed by atoms with Crippen LogP contribution in [0.15, 0.2) is 0 Å². The first kappa shape index (κ1) is 18.5. The monoisotopic (exact) mass is 350 g/mol. The van der Waals surface area contributed by atoms with Crippen LogP contribution in [0.1, 0.15) is 32.1 Å². The third-order valence-electron chi connectivity index (χ3n) is 4.80. The van der Waals surface area contributed by atoms with E-state index in [1.807, 2.05) is 0 Å². The van der Waals surface area contributed by atoms with Crippen LogP contribution in [-0.2, 0) is 14.4 Å². The molecule has 24 heavy (non-hydrogen) atoms. The van der Waals surface area contributed by atoms with Gasteiger partial charge < -0.3 is 15.3 Å². The second-order valence-electron chi connectivity index (χ2n) is 6.44. The zero-order valence-electron chi connectivity index (χ0n) is 13.1. The zero-order valence-corrected chi connectivity index (χ0v) is 13.1. The Bertz CT molecular complexity index is 503. The van der Waals surface area contributed by atoms with Crippen LogP contribution in [0.2, 0.25) is 0 Å². The summed E-state index contributed by atoms with van der Waals surface area (Å²) in [5.41, 5.74) is 0. The van der Waals surface area contributed by atoms with Crippen molar-refractivity contribution in [3.05, 3.63) is 0 Å². The fourth-order valence-electron chi connectivity index (χ4n) is 3.37. The summed E-state index contributed by atoms with van der Waals surface area (Å²) in [4.78, 5) is 35.8. The maximum absolute atomic E-state index is 12.9. The number of hydrogen-bond donors (Lipinski definition) is 2. The van der Waals surface area contributed by atoms with Crippen LogP contribution in [0.5, 0.6) is 0 Å². The number of carboxylic acids is 1. The minimum Gasteiger partial charge on any atom is -0.481 e. The summed E-state index contributed by atoms with van der Waals surface area (Å²) in [7, 11) is 0. The molecule has 0 radical (unpaired) electrons. The highest BCUT2D eigenvalue weighted by molar-refractivity contribution is 5.86. The molecule has 2 rings (SSSR count). The van der Waals surface area contributed by atoms with Gasteiger partial charge in [-0.3, -0.25) is 14.4 Å². The van der Waals surface area contributed by atoms with Crippen LogP contribution in [0.4, 0.5) is 13.2 Å². The number of likely N-dealkylation sites (tertiary alicyclic amines) is 1. The van der Waals surface area contributed by atoms with Crippen LogP contribution >= 0.6 is 0 Å². The summed E-state index contributed by atoms with van der Waals surface area (Å²) in [5.74, 6) is -6.41. The van der Waals surface area contributed by atoms with Gasteiger partial charge in [-0.05, 0) is 12.8 Å². The predicted molar refractivity (Wildman–Crippen MR) is 76.8 cm³/mol. The third-order valence-corrected chi connectivity index (χ3v) is 4.80. The lowest BCUT2D eigenvalue weighted by atomic mass is 9.89. The van der Waals surface area contributed by atoms with E-state index in [1.165, 1.54) is 0 Å². The number of halogens is 3. The second kappa shape index (κ2) is 7.40. The second-order valence-corrected chi connectivity index (χ2v) is 6.44. The topological polar surface area (TPSA) is 86.7 Å². The number of aliphatic carboxylic acids is 1. The Hall–Kier alpha value is -1.80. The number of nitrogens with zero attached hydrogens (tertiary/aromatic N) is 1. The summed E-state index contributed by atoms with van der Waals surface area (Å²) in [6.45, 7) is -1.57. The summed E-state index contributed by atoms with van der Waals surface area (Å²) in [6.07, 6.45) is -0.200. The number of amides is 2. The summed E-state index contributed by atoms with van der Waals surface area (Å²) >= 11 is 0. The number of hydrogen-bond acceptors (Lipinski definition) is 3. The van der Waals surface area contributed by atoms with Crippen LogP contribution in [0, 0.1) is 17.8 Å². The van der Waals surface area contributed by atoms with Gasteiger partial charge in [-0.2, -0.15) is 13.2 Å². The van der Waals surface area contributed by atoms with Crippen LogP contribution in [-0.4, -0.2) is 53.6 Å². The zero-order chi connectivity index (χ0) is 17.9. The Morgan fingerprint density at radius 3 is 2.21 bits per heavy atom. The van der Waals surface area contributed by atoms with Gasteiger partial charge in [0.2, 0.25) is 11.8 Å². The van der Waals surface area contributed by atoms with Crippen molar-refractivity contribution in [2.75, 3.05) is 19.6 Å². The summed E-state index contributed by atoms with van der Waals surface area (Å²) in [6, 6.07) is 0. The Labute approximate surface area is 137 Å². The van der Waals surface area contributed by atoms with E-state index in [4.69, 9.17) is 5.11 Å². The molecule has 9 heteroatoms. The van der Waals surface area contributed by atoms with Crippen molar-refractivity contribution in [3.8, 4) is 0 Å². The Balaban J connectivity index is 1.88. The number of carbonyl (C=O) groups is 3. The van der Waals surface area contributed by atoms with Crippen molar-refractivity contribution in [3.63, 3.8) is 0 Å². The standard InChI is InChI=1S/C15H21F3N2O4/c16-15(17,18)11-8-20(7-10(11)14(23)24)12(21)6-19-13(22)9-4-2-1-3-5-9/h9-11H,1-8H2,(H,19,22)(H,23,24)/t10-,11-/m1/s1. The van der Waals surface area contributed by atoms with Gasteiger partial charge in [-0.25, -0.2) is 0 Å². The molecular formula is C15H21F3N2O4. The third kappa shape index (κ3) is 4.39. The quantitative estimate of drug-likeness (QED) is 0.803. The number of carbonyl (C=O) groups excluding carboxylic acids is 2. The molecule has 1 saturated carbocycles. The first-order valence-corrected chi connectivity index (χ1v) is 8.05. The molecule has 2 N–H and O–H groups in total. The van der Waals surface area contributed by atoms with Crippen LogP contribution in [0.25, 0.3) is 0 Å². The molecule has 2 fully saturated rings. The fraction of sp³-hybridized carbons (Fsp3) is 0.800. The molecule has 0 aromatic heterocycles. The first-order valence-electron chi connectivity index (χ1n) is 8.05. The number of alkyl halides is 3. The predicted octanol–water partition coefficient (Wildman–Crippen LogP) is 1.40. The molecule has 1 aliphatic carbocycles. The molecular weight excluding hydrogens is 329 g/mol. The van der Waals surface area contributed by atoms with Gasteiger partial charge in [0.05, 0.1) is 18.4 Å². The van der Waals surface area contributed by atoms with E-state index < -0.39 is 49.5 Å². The lowest BCUT2D eigenvalue weighted by Crippen LogP contribution is -2.42. The van der Waals surface area contributed by atoms with E-state index in [9.17, 15) is 27.6 Å². The van der Waals surface area contributed by atoms with Crippen molar-refractivity contribution >= 4 is 17.8 Å². The average molecular weight is 350 g/mol. The van der Waals surface area contributed by atoms with Gasteiger partial charge in [0.1, 0.15) is 0 Å². The van der Waals surface area contributed by atoms with Gasteiger partial charge >= 0.3 is 12.1 Å². The SMILES string of the molecule is O=C(NCC(=O)N1C[C@@H](C(F)(F)F)[C@H](C(=O)O)C1)C1CCCCC1. The van der Waals surface area contributed by atoms with E-state index >= 15 is 0 Å². The highest BCUT2D eigenvalue weighted by Crippen LogP contribution is 2.37. The lowest BCUT2D eigenvalue weighted by molar-refractivity contribution is -0.188. The molecule has 0 aromatic rings. The number of rotatable bonds is 4. The Kier molecular flexibility index (Phi) is 5.71. The molecule has 1 aliphatic heterocycles. The van der Waals surface area contributed by atoms with Gasteiger partial charge in [0, 0.05) is 19.0 Å². The normalized spacial score (nSPS) is 25.5. The maximum Gasteiger partial charge on any atom is 0.394 e. The molecule has 0 unspecified atom stereocenters. The molecule has 1 heterocycles. The molecule has 2 atom stereocenters. The van der Waals surface area contributed by atoms with E-state index in [-0.39, 0.29) is 11.8 Å². The van der Waals surface area contributed by atoms with Crippen molar-refractivity contribution in [2.24, 2.45) is 17.8 Å². The van der Waals surface area contributed by atoms with Crippen LogP contribution < -0.4 is 5.32 Å². The molecule has 6 nitrogen and oxygen atoms in total. The van der Waals surface area contributed by atoms with Gasteiger partial charge in [-0.15, -0.1) is 0 Å². The highest BCUT2D eigenvalue weighted by Gasteiger charge is 2.53. The van der Waals surface area contributed by atoms with E-state index in [0.717, 1.165) is 37.0 Å². The number of carboxylic acid groups (broad SMARTS) is 1. The summed E-state index contributed by atoms with van der Waals surface area (Å²) < 4.78 is 38.7. The van der Waals surface area contributed by atoms with Crippen molar-refractivity contribution in [1.29, 1.82) is 0 Å². The smallest absolute Gasteiger partial charge is 0.394 e. The largest absolute Gasteiger partial charge is 0.481 e. The van der Waals surface area contributed by atoms with E-state index in [1.54, 1.807) is 0 Å². The molecule has 0 aromatic carbocycles. The Morgan fingerprint density at radius 1 is 1.08 bits per heavy atom. The average Bonchev–Trinajstić information content (AvgIpc) is 2.99. The lowest BCUT2D eigenvalue weighted by Gasteiger charge is -2.22. The molecule has 2 aliphatic rings. The van der Waals surface area contributed by atoms with E-state index in [0.29, 0.717) is 0 Å². The van der Waals surface area contributed by atoms with Crippen molar-refractivity contribution < 1.29 is 32.7 Å². The molecule has 2 amide bonds. The molecule has 1 saturated heterocycles. The Morgan fingerprint density at radius 2 is 1.71 bits per heavy atom. The fourth-order valence-corrected chi connectivity index (χ4v) is 3.37. The summed E-state index contributed by atoms with van der Waals surface area (Å²) in [5, 5.41) is 11.4. The van der Waals surface area contributed by atoms with Crippen molar-refractivity contribution in [2.45, 2.75) is 38.3 Å². The van der Waals surface area contributed by atoms with E-state index in [2.05, 4.69) is 5.32 Å². The molecule has 136 valence electrons. The van der Waals surface area contributed by atoms with Gasteiger partial charge in [0.25, 0.3) is 0 Å². The van der Waals surface area contributed by atoms with Crippen LogP contribution in [0.3, 0.4) is 0 Å². The molecule has 0 bridgehead atoms. The maximum atomic E-state index is 12.9. The van der Waals surface area contributed by atoms with Crippen molar-refractivity contribution in [1.82, 2.24) is 10.2 Å². The van der Waals surface area contributed by atoms with Gasteiger partial charge in [-0.1, -0.05) is 19.3 Å². The minimum atomic E-state index is -4.68. The van der Waals surface area contributed by atoms with Gasteiger partial charge in [0.15, 0.2) is 0 Å². The number of nitrogens with one attached hydrogen (secondary N) is 1. The first-order chi connectivity index (χ1) is 11.2.